The number of aromatic carboxylic acids is 1. The summed E-state index contributed by atoms with van der Waals surface area (Å²) in [5, 5.41) is 12.2. The number of amides is 1. The molecule has 1 aromatic rings. The molecule has 0 spiro atoms. The summed E-state index contributed by atoms with van der Waals surface area (Å²) in [7, 11) is 0. The van der Waals surface area contributed by atoms with E-state index in [1.807, 2.05) is 0 Å². The van der Waals surface area contributed by atoms with Gasteiger partial charge in [0.05, 0.1) is 30.9 Å². The molecule has 0 aliphatic rings. The van der Waals surface area contributed by atoms with E-state index in [0.717, 1.165) is 12.8 Å². The van der Waals surface area contributed by atoms with Gasteiger partial charge in [0, 0.05) is 12.8 Å². The average molecular weight is 444 g/mol. The molecule has 0 aliphatic heterocycles. The standard InChI is InChI=1S/C25H33NO6/c1-6-8-10-12-14-30-21-16-19(23(27)28)17-22(31-15-13-11-9-7-2)20(21)18-26-24(29)32-25(3,4)5/h1-2,16-17H,8-15,18H2,3-5H3,(H,26,29)(H,27,28). The number of ether oxygens (including phenoxy) is 3. The number of rotatable bonds is 13. The first-order valence-corrected chi connectivity index (χ1v) is 10.7. The predicted molar refractivity (Wildman–Crippen MR) is 123 cm³/mol. The van der Waals surface area contributed by atoms with Crippen molar-refractivity contribution in [3.8, 4) is 36.2 Å². The highest BCUT2D eigenvalue weighted by Gasteiger charge is 2.20. The van der Waals surface area contributed by atoms with E-state index in [1.165, 1.54) is 12.1 Å². The Morgan fingerprint density at radius 1 is 0.969 bits per heavy atom. The van der Waals surface area contributed by atoms with Crippen LogP contribution in [0, 0.1) is 24.7 Å². The van der Waals surface area contributed by atoms with Crippen LogP contribution < -0.4 is 14.8 Å². The molecule has 7 heteroatoms. The van der Waals surface area contributed by atoms with Gasteiger partial charge in [0.1, 0.15) is 17.1 Å². The number of terminal acetylenes is 2. The Morgan fingerprint density at radius 2 is 1.47 bits per heavy atom. The van der Waals surface area contributed by atoms with Crippen molar-refractivity contribution in [3.63, 3.8) is 0 Å². The number of alkyl carbamates (subject to hydrolysis) is 1. The first-order valence-electron chi connectivity index (χ1n) is 10.7. The summed E-state index contributed by atoms with van der Waals surface area (Å²) in [6.45, 7) is 6.06. The minimum Gasteiger partial charge on any atom is -0.493 e. The van der Waals surface area contributed by atoms with Crippen molar-refractivity contribution in [2.75, 3.05) is 13.2 Å². The fourth-order valence-corrected chi connectivity index (χ4v) is 2.67. The zero-order valence-electron chi connectivity index (χ0n) is 19.2. The molecule has 1 aromatic carbocycles. The van der Waals surface area contributed by atoms with Gasteiger partial charge in [-0.05, 0) is 58.6 Å². The molecule has 0 unspecified atom stereocenters. The molecule has 0 aromatic heterocycles. The molecule has 1 rings (SSSR count). The predicted octanol–water partition coefficient (Wildman–Crippen LogP) is 4.77. The van der Waals surface area contributed by atoms with Crippen molar-refractivity contribution in [2.45, 2.75) is 71.4 Å². The van der Waals surface area contributed by atoms with Crippen LogP contribution in [0.4, 0.5) is 4.79 Å². The highest BCUT2D eigenvalue weighted by atomic mass is 16.6. The Hall–Kier alpha value is -3.32. The van der Waals surface area contributed by atoms with Crippen LogP contribution in [-0.4, -0.2) is 36.0 Å². The van der Waals surface area contributed by atoms with Crippen molar-refractivity contribution >= 4 is 12.1 Å². The van der Waals surface area contributed by atoms with Crippen molar-refractivity contribution in [3.05, 3.63) is 23.3 Å². The zero-order chi connectivity index (χ0) is 24.0. The lowest BCUT2D eigenvalue weighted by Gasteiger charge is -2.21. The van der Waals surface area contributed by atoms with Crippen LogP contribution in [0.5, 0.6) is 11.5 Å². The summed E-state index contributed by atoms with van der Waals surface area (Å²) in [5.74, 6) is 4.71. The maximum Gasteiger partial charge on any atom is 0.407 e. The second-order valence-corrected chi connectivity index (χ2v) is 8.13. The van der Waals surface area contributed by atoms with Crippen LogP contribution in [0.2, 0.25) is 0 Å². The molecule has 32 heavy (non-hydrogen) atoms. The second kappa shape index (κ2) is 13.9. The topological polar surface area (TPSA) is 94.1 Å². The number of nitrogens with one attached hydrogen (secondary N) is 1. The third kappa shape index (κ3) is 10.6. The molecular formula is C25H33NO6. The van der Waals surface area contributed by atoms with Crippen LogP contribution in [0.25, 0.3) is 0 Å². The third-order valence-electron chi connectivity index (χ3n) is 4.17. The monoisotopic (exact) mass is 443 g/mol. The van der Waals surface area contributed by atoms with Gasteiger partial charge in [0.15, 0.2) is 0 Å². The van der Waals surface area contributed by atoms with Gasteiger partial charge < -0.3 is 24.6 Å². The molecule has 0 bridgehead atoms. The number of carbonyl (C=O) groups excluding carboxylic acids is 1. The molecule has 2 N–H and O–H groups in total. The number of carboxylic acids is 1. The first kappa shape index (κ1) is 26.7. The summed E-state index contributed by atoms with van der Waals surface area (Å²) in [6, 6.07) is 2.86. The molecule has 1 amide bonds. The van der Waals surface area contributed by atoms with Crippen LogP contribution >= 0.6 is 0 Å². The van der Waals surface area contributed by atoms with Crippen LogP contribution in [-0.2, 0) is 11.3 Å². The van der Waals surface area contributed by atoms with Gasteiger partial charge in [-0.15, -0.1) is 24.7 Å². The molecule has 0 radical (unpaired) electrons. The van der Waals surface area contributed by atoms with E-state index in [9.17, 15) is 14.7 Å². The number of benzene rings is 1. The Kier molecular flexibility index (Phi) is 11.6. The molecule has 0 fully saturated rings. The Morgan fingerprint density at radius 3 is 1.88 bits per heavy atom. The van der Waals surface area contributed by atoms with E-state index in [4.69, 9.17) is 27.1 Å². The smallest absolute Gasteiger partial charge is 0.407 e. The first-order chi connectivity index (χ1) is 15.2. The average Bonchev–Trinajstić information content (AvgIpc) is 2.71. The van der Waals surface area contributed by atoms with Gasteiger partial charge in [-0.3, -0.25) is 0 Å². The molecular weight excluding hydrogens is 410 g/mol. The minimum absolute atomic E-state index is 0.0308. The molecule has 0 saturated carbocycles. The lowest BCUT2D eigenvalue weighted by molar-refractivity contribution is 0.0522. The van der Waals surface area contributed by atoms with Gasteiger partial charge in [-0.2, -0.15) is 0 Å². The van der Waals surface area contributed by atoms with E-state index in [1.54, 1.807) is 20.8 Å². The highest BCUT2D eigenvalue weighted by Crippen LogP contribution is 2.32. The second-order valence-electron chi connectivity index (χ2n) is 8.13. The normalized spacial score (nSPS) is 10.5. The number of hydrogen-bond acceptors (Lipinski definition) is 5. The van der Waals surface area contributed by atoms with E-state index in [-0.39, 0.29) is 12.1 Å². The molecule has 0 saturated heterocycles. The fraction of sp³-hybridized carbons (Fsp3) is 0.520. The number of hydrogen-bond donors (Lipinski definition) is 2. The van der Waals surface area contributed by atoms with Crippen molar-refractivity contribution < 1.29 is 28.9 Å². The van der Waals surface area contributed by atoms with Gasteiger partial charge in [-0.1, -0.05) is 0 Å². The van der Waals surface area contributed by atoms with E-state index in [0.29, 0.717) is 56.0 Å². The van der Waals surface area contributed by atoms with Crippen molar-refractivity contribution in [2.24, 2.45) is 0 Å². The Balaban J connectivity index is 3.08. The van der Waals surface area contributed by atoms with Gasteiger partial charge in [-0.25, -0.2) is 9.59 Å². The lowest BCUT2D eigenvalue weighted by atomic mass is 10.1. The van der Waals surface area contributed by atoms with Crippen molar-refractivity contribution in [1.82, 2.24) is 5.32 Å². The Bertz CT molecular complexity index is 796. The summed E-state index contributed by atoms with van der Waals surface area (Å²) in [6.07, 6.45) is 14.2. The maximum absolute atomic E-state index is 12.1. The van der Waals surface area contributed by atoms with Crippen LogP contribution in [0.3, 0.4) is 0 Å². The summed E-state index contributed by atoms with van der Waals surface area (Å²) < 4.78 is 17.0. The number of carbonyl (C=O) groups is 2. The van der Waals surface area contributed by atoms with Crippen molar-refractivity contribution in [1.29, 1.82) is 0 Å². The minimum atomic E-state index is -1.11. The van der Waals surface area contributed by atoms with E-state index in [2.05, 4.69) is 17.2 Å². The quantitative estimate of drug-likeness (QED) is 0.337. The van der Waals surface area contributed by atoms with Gasteiger partial charge in [0.25, 0.3) is 0 Å². The third-order valence-corrected chi connectivity index (χ3v) is 4.17. The van der Waals surface area contributed by atoms with Gasteiger partial charge >= 0.3 is 12.1 Å². The molecule has 174 valence electrons. The van der Waals surface area contributed by atoms with Crippen LogP contribution in [0.1, 0.15) is 75.2 Å². The Labute approximate surface area is 190 Å². The number of unbranched alkanes of at least 4 members (excludes halogenated alkanes) is 4. The van der Waals surface area contributed by atoms with E-state index >= 15 is 0 Å². The van der Waals surface area contributed by atoms with Gasteiger partial charge in [0.2, 0.25) is 0 Å². The lowest BCUT2D eigenvalue weighted by Crippen LogP contribution is -2.32. The summed E-state index contributed by atoms with van der Waals surface area (Å²) >= 11 is 0. The molecule has 0 aliphatic carbocycles. The van der Waals surface area contributed by atoms with Crippen LogP contribution in [0.15, 0.2) is 12.1 Å². The largest absolute Gasteiger partial charge is 0.493 e. The molecule has 7 nitrogen and oxygen atoms in total. The maximum atomic E-state index is 12.1. The summed E-state index contributed by atoms with van der Waals surface area (Å²) in [5.41, 5.74) is -0.0812. The highest BCUT2D eigenvalue weighted by molar-refractivity contribution is 5.89. The van der Waals surface area contributed by atoms with E-state index < -0.39 is 17.7 Å². The fourth-order valence-electron chi connectivity index (χ4n) is 2.67. The summed E-state index contributed by atoms with van der Waals surface area (Å²) in [4.78, 5) is 23.8. The SMILES string of the molecule is C#CCCCCOc1cc(C(=O)O)cc(OCCCCC#C)c1CNC(=O)OC(C)(C)C. The molecule has 0 atom stereocenters. The number of carboxylic acid groups (broad SMARTS) is 1. The molecule has 0 heterocycles. The zero-order valence-corrected chi connectivity index (χ0v) is 19.2.